The monoisotopic (exact) mass is 235 g/mol. The molecule has 92 valence electrons. The third-order valence-electron chi connectivity index (χ3n) is 2.85. The van der Waals surface area contributed by atoms with Crippen LogP contribution in [-0.4, -0.2) is 37.2 Å². The number of carbonyl (C=O) groups is 1. The van der Waals surface area contributed by atoms with Crippen LogP contribution >= 0.6 is 0 Å². The van der Waals surface area contributed by atoms with Crippen molar-refractivity contribution < 1.29 is 14.3 Å². The predicted octanol–water partition coefficient (Wildman–Crippen LogP) is 1.44. The molecule has 1 fully saturated rings. The van der Waals surface area contributed by atoms with Crippen LogP contribution in [-0.2, 0) is 16.1 Å². The van der Waals surface area contributed by atoms with Crippen molar-refractivity contribution in [3.8, 4) is 5.75 Å². The van der Waals surface area contributed by atoms with Gasteiger partial charge < -0.3 is 14.4 Å². The molecule has 0 N–H and O–H groups in total. The zero-order valence-corrected chi connectivity index (χ0v) is 10.2. The molecule has 4 heteroatoms. The zero-order valence-electron chi connectivity index (χ0n) is 10.2. The van der Waals surface area contributed by atoms with Crippen LogP contribution in [0.15, 0.2) is 24.3 Å². The highest BCUT2D eigenvalue weighted by Gasteiger charge is 2.23. The van der Waals surface area contributed by atoms with Crippen molar-refractivity contribution >= 4 is 5.91 Å². The van der Waals surface area contributed by atoms with Gasteiger partial charge in [0.1, 0.15) is 12.4 Å². The van der Waals surface area contributed by atoms with Gasteiger partial charge in [-0.05, 0) is 24.6 Å². The number of amides is 1. The van der Waals surface area contributed by atoms with Gasteiger partial charge in [-0.1, -0.05) is 12.1 Å². The molecule has 1 amide bonds. The van der Waals surface area contributed by atoms with E-state index < -0.39 is 0 Å². The topological polar surface area (TPSA) is 38.8 Å². The summed E-state index contributed by atoms with van der Waals surface area (Å²) in [5.74, 6) is 0.884. The lowest BCUT2D eigenvalue weighted by Crippen LogP contribution is -2.44. The molecule has 17 heavy (non-hydrogen) atoms. The highest BCUT2D eigenvalue weighted by Crippen LogP contribution is 2.15. The summed E-state index contributed by atoms with van der Waals surface area (Å²) in [7, 11) is 1.64. The van der Waals surface area contributed by atoms with Gasteiger partial charge in [0.15, 0.2) is 0 Å². The Balaban J connectivity index is 2.01. The first kappa shape index (κ1) is 11.9. The lowest BCUT2D eigenvalue weighted by atomic mass is 10.2. The van der Waals surface area contributed by atoms with E-state index in [-0.39, 0.29) is 18.6 Å². The fourth-order valence-electron chi connectivity index (χ4n) is 1.87. The van der Waals surface area contributed by atoms with Crippen molar-refractivity contribution in [3.63, 3.8) is 0 Å². The largest absolute Gasteiger partial charge is 0.497 e. The van der Waals surface area contributed by atoms with Gasteiger partial charge in [0.2, 0.25) is 5.91 Å². The van der Waals surface area contributed by atoms with Crippen molar-refractivity contribution in [2.24, 2.45) is 0 Å². The van der Waals surface area contributed by atoms with Gasteiger partial charge in [-0.25, -0.2) is 0 Å². The average Bonchev–Trinajstić information content (AvgIpc) is 2.35. The van der Waals surface area contributed by atoms with Crippen LogP contribution in [0.1, 0.15) is 12.5 Å². The molecule has 1 saturated heterocycles. The third-order valence-corrected chi connectivity index (χ3v) is 2.85. The van der Waals surface area contributed by atoms with E-state index in [0.29, 0.717) is 13.1 Å². The van der Waals surface area contributed by atoms with E-state index in [2.05, 4.69) is 0 Å². The van der Waals surface area contributed by atoms with E-state index in [1.807, 2.05) is 36.1 Å². The summed E-state index contributed by atoms with van der Waals surface area (Å²) in [5, 5.41) is 0. The molecule has 2 rings (SSSR count). The molecule has 1 aromatic rings. The summed E-state index contributed by atoms with van der Waals surface area (Å²) in [6.45, 7) is 3.46. The quantitative estimate of drug-likeness (QED) is 0.795. The van der Waals surface area contributed by atoms with E-state index in [0.717, 1.165) is 11.3 Å². The van der Waals surface area contributed by atoms with Crippen molar-refractivity contribution in [2.45, 2.75) is 19.6 Å². The molecule has 0 unspecified atom stereocenters. The van der Waals surface area contributed by atoms with Gasteiger partial charge in [0.25, 0.3) is 0 Å². The second kappa shape index (κ2) is 5.19. The van der Waals surface area contributed by atoms with Crippen LogP contribution in [0.3, 0.4) is 0 Å². The summed E-state index contributed by atoms with van der Waals surface area (Å²) < 4.78 is 10.4. The number of benzene rings is 1. The Morgan fingerprint density at radius 3 is 2.76 bits per heavy atom. The van der Waals surface area contributed by atoms with Crippen molar-refractivity contribution in [2.75, 3.05) is 20.3 Å². The molecule has 0 aliphatic carbocycles. The Kier molecular flexibility index (Phi) is 3.64. The lowest BCUT2D eigenvalue weighted by Gasteiger charge is -2.31. The maximum Gasteiger partial charge on any atom is 0.248 e. The minimum atomic E-state index is 0.0546. The van der Waals surface area contributed by atoms with Gasteiger partial charge in [-0.15, -0.1) is 0 Å². The van der Waals surface area contributed by atoms with Crippen LogP contribution in [0.5, 0.6) is 5.75 Å². The fraction of sp³-hybridized carbons (Fsp3) is 0.462. The first-order valence-corrected chi connectivity index (χ1v) is 5.71. The number of methoxy groups -OCH3 is 1. The Morgan fingerprint density at radius 1 is 1.41 bits per heavy atom. The highest BCUT2D eigenvalue weighted by molar-refractivity contribution is 5.78. The summed E-state index contributed by atoms with van der Waals surface area (Å²) in [5.41, 5.74) is 1.10. The maximum atomic E-state index is 11.6. The predicted molar refractivity (Wildman–Crippen MR) is 63.8 cm³/mol. The molecule has 0 saturated carbocycles. The number of carbonyl (C=O) groups excluding carboxylic acids is 1. The molecule has 1 aromatic carbocycles. The van der Waals surface area contributed by atoms with Crippen LogP contribution in [0.4, 0.5) is 0 Å². The number of nitrogens with zero attached hydrogens (tertiary/aromatic N) is 1. The molecule has 1 atom stereocenters. The second-order valence-corrected chi connectivity index (χ2v) is 4.24. The van der Waals surface area contributed by atoms with Gasteiger partial charge in [0, 0.05) is 13.1 Å². The summed E-state index contributed by atoms with van der Waals surface area (Å²) in [6.07, 6.45) is 0.117. The van der Waals surface area contributed by atoms with Crippen molar-refractivity contribution in [1.82, 2.24) is 4.90 Å². The minimum absolute atomic E-state index is 0.0546. The minimum Gasteiger partial charge on any atom is -0.497 e. The van der Waals surface area contributed by atoms with E-state index in [1.165, 1.54) is 0 Å². The summed E-state index contributed by atoms with van der Waals surface area (Å²) in [6, 6.07) is 7.77. The number of hydrogen-bond acceptors (Lipinski definition) is 3. The molecule has 4 nitrogen and oxygen atoms in total. The molecule has 0 radical (unpaired) electrons. The molecule has 0 bridgehead atoms. The second-order valence-electron chi connectivity index (χ2n) is 4.24. The molecular weight excluding hydrogens is 218 g/mol. The third kappa shape index (κ3) is 2.97. The lowest BCUT2D eigenvalue weighted by molar-refractivity contribution is -0.148. The van der Waals surface area contributed by atoms with Crippen LogP contribution in [0.25, 0.3) is 0 Å². The van der Waals surface area contributed by atoms with Crippen molar-refractivity contribution in [1.29, 1.82) is 0 Å². The SMILES string of the molecule is COc1ccc(CN2C[C@@H](C)OCC2=O)cc1. The molecule has 0 spiro atoms. The van der Waals surface area contributed by atoms with E-state index in [9.17, 15) is 4.79 Å². The molecule has 0 aromatic heterocycles. The summed E-state index contributed by atoms with van der Waals surface area (Å²) >= 11 is 0. The highest BCUT2D eigenvalue weighted by atomic mass is 16.5. The fourth-order valence-corrected chi connectivity index (χ4v) is 1.87. The van der Waals surface area contributed by atoms with Crippen LogP contribution in [0, 0.1) is 0 Å². The van der Waals surface area contributed by atoms with E-state index >= 15 is 0 Å². The van der Waals surface area contributed by atoms with E-state index in [1.54, 1.807) is 7.11 Å². The van der Waals surface area contributed by atoms with Gasteiger partial charge in [0.05, 0.1) is 13.2 Å². The Labute approximate surface area is 101 Å². The maximum absolute atomic E-state index is 11.6. The molecule has 1 aliphatic heterocycles. The molecular formula is C13H17NO3. The first-order chi connectivity index (χ1) is 8.19. The Morgan fingerprint density at radius 2 is 2.12 bits per heavy atom. The van der Waals surface area contributed by atoms with Crippen LogP contribution in [0.2, 0.25) is 0 Å². The number of ether oxygens (including phenoxy) is 2. The first-order valence-electron chi connectivity index (χ1n) is 5.71. The molecule has 1 aliphatic rings. The average molecular weight is 235 g/mol. The Hall–Kier alpha value is -1.55. The van der Waals surface area contributed by atoms with Crippen molar-refractivity contribution in [3.05, 3.63) is 29.8 Å². The number of morpholine rings is 1. The number of hydrogen-bond donors (Lipinski definition) is 0. The van der Waals surface area contributed by atoms with Gasteiger partial charge in [-0.3, -0.25) is 4.79 Å². The van der Waals surface area contributed by atoms with Crippen LogP contribution < -0.4 is 4.74 Å². The standard InChI is InChI=1S/C13H17NO3/c1-10-7-14(13(15)9-17-10)8-11-3-5-12(16-2)6-4-11/h3-6,10H,7-9H2,1-2H3/t10-/m1/s1. The Bertz CT molecular complexity index is 388. The van der Waals surface area contributed by atoms with Gasteiger partial charge in [-0.2, -0.15) is 0 Å². The molecule has 1 heterocycles. The zero-order chi connectivity index (χ0) is 12.3. The summed E-state index contributed by atoms with van der Waals surface area (Å²) in [4.78, 5) is 13.5. The smallest absolute Gasteiger partial charge is 0.248 e. The number of rotatable bonds is 3. The van der Waals surface area contributed by atoms with E-state index in [4.69, 9.17) is 9.47 Å². The normalized spacial score (nSPS) is 20.5. The van der Waals surface area contributed by atoms with Gasteiger partial charge >= 0.3 is 0 Å².